The first kappa shape index (κ1) is 22.1. The van der Waals surface area contributed by atoms with Crippen molar-refractivity contribution < 1.29 is 19.5 Å². The third kappa shape index (κ3) is 4.72. The van der Waals surface area contributed by atoms with Crippen molar-refractivity contribution >= 4 is 39.7 Å². The molecule has 4 rings (SSSR count). The van der Waals surface area contributed by atoms with Gasteiger partial charge in [-0.15, -0.1) is 0 Å². The van der Waals surface area contributed by atoms with Crippen LogP contribution in [0.1, 0.15) is 35.6 Å². The quantitative estimate of drug-likeness (QED) is 0.264. The van der Waals surface area contributed by atoms with Crippen molar-refractivity contribution in [2.24, 2.45) is 0 Å². The lowest BCUT2D eigenvalue weighted by Gasteiger charge is -2.28. The van der Waals surface area contributed by atoms with E-state index in [-0.39, 0.29) is 18.7 Å². The van der Waals surface area contributed by atoms with E-state index in [1.165, 1.54) is 6.92 Å². The van der Waals surface area contributed by atoms with Gasteiger partial charge in [-0.3, -0.25) is 9.59 Å². The summed E-state index contributed by atoms with van der Waals surface area (Å²) in [4.78, 5) is 46.8. The Hall–Kier alpha value is -4.14. The van der Waals surface area contributed by atoms with Gasteiger partial charge in [0.25, 0.3) is 0 Å². The fourth-order valence-electron chi connectivity index (χ4n) is 3.96. The van der Waals surface area contributed by atoms with E-state index in [2.05, 4.69) is 25.6 Å². The zero-order chi connectivity index (χ0) is 23.6. The van der Waals surface area contributed by atoms with Crippen molar-refractivity contribution in [3.8, 4) is 0 Å². The molecule has 0 saturated carbocycles. The molecule has 1 atom stereocenters. The monoisotopic (exact) mass is 447 g/mol. The van der Waals surface area contributed by atoms with Gasteiger partial charge in [-0.25, -0.2) is 9.78 Å². The Kier molecular flexibility index (Phi) is 5.87. The van der Waals surface area contributed by atoms with Crippen LogP contribution in [0, 0.1) is 0 Å². The highest BCUT2D eigenvalue weighted by atomic mass is 16.4. The van der Waals surface area contributed by atoms with Gasteiger partial charge in [0.2, 0.25) is 5.91 Å². The summed E-state index contributed by atoms with van der Waals surface area (Å²) in [6.45, 7) is 3.34. The third-order valence-electron chi connectivity index (χ3n) is 5.69. The molecule has 0 saturated heterocycles. The standard InChI is InChI=1S/C24H25N5O4/c1-14(30)15-7-8-19-20(11-15)28-21(27-19)9-10-25-22(31)24(2,29-23(32)33)12-16-13-26-18-6-4-3-5-17(16)18/h3-8,11,13,26,29H,9-10,12H2,1-2H3,(H,25,31)(H,27,28)(H,32,33). The van der Waals surface area contributed by atoms with E-state index in [0.717, 1.165) is 22.0 Å². The molecule has 2 amide bonds. The van der Waals surface area contributed by atoms with Gasteiger partial charge in [-0.2, -0.15) is 0 Å². The Labute approximate surface area is 189 Å². The number of Topliss-reactive ketones (excluding diaryl/α,β-unsaturated/α-hetero) is 1. The number of carbonyl (C=O) groups is 3. The average Bonchev–Trinajstić information content (AvgIpc) is 3.36. The molecule has 2 aromatic heterocycles. The van der Waals surface area contributed by atoms with Crippen LogP contribution in [0.2, 0.25) is 0 Å². The zero-order valence-electron chi connectivity index (χ0n) is 18.4. The lowest BCUT2D eigenvalue weighted by atomic mass is 9.91. The number of para-hydroxylation sites is 1. The maximum Gasteiger partial charge on any atom is 0.405 e. The highest BCUT2D eigenvalue weighted by Crippen LogP contribution is 2.23. The van der Waals surface area contributed by atoms with Crippen LogP contribution in [0.4, 0.5) is 4.79 Å². The maximum absolute atomic E-state index is 13.0. The summed E-state index contributed by atoms with van der Waals surface area (Å²) in [5.74, 6) is 0.204. The van der Waals surface area contributed by atoms with Gasteiger partial charge in [0.05, 0.1) is 11.0 Å². The molecule has 0 aliphatic carbocycles. The SMILES string of the molecule is CC(=O)c1ccc2[nH]c(CCNC(=O)C(C)(Cc3c[nH]c4ccccc34)NC(=O)O)nc2c1. The first-order valence-electron chi connectivity index (χ1n) is 10.6. The highest BCUT2D eigenvalue weighted by Gasteiger charge is 2.35. The van der Waals surface area contributed by atoms with Crippen molar-refractivity contribution in [1.29, 1.82) is 0 Å². The fraction of sp³-hybridized carbons (Fsp3) is 0.250. The molecule has 0 fully saturated rings. The maximum atomic E-state index is 13.0. The summed E-state index contributed by atoms with van der Waals surface area (Å²) in [6.07, 6.45) is 1.13. The number of fused-ring (bicyclic) bond motifs is 2. The van der Waals surface area contributed by atoms with Crippen molar-refractivity contribution in [3.05, 3.63) is 65.6 Å². The van der Waals surface area contributed by atoms with Gasteiger partial charge >= 0.3 is 6.09 Å². The number of carbonyl (C=O) groups excluding carboxylic acids is 2. The minimum Gasteiger partial charge on any atom is -0.465 e. The first-order chi connectivity index (χ1) is 15.7. The molecule has 5 N–H and O–H groups in total. The second-order valence-electron chi connectivity index (χ2n) is 8.28. The number of rotatable bonds is 8. The largest absolute Gasteiger partial charge is 0.465 e. The third-order valence-corrected chi connectivity index (χ3v) is 5.69. The van der Waals surface area contributed by atoms with Crippen LogP contribution < -0.4 is 10.6 Å². The Morgan fingerprint density at radius 1 is 1.12 bits per heavy atom. The molecule has 0 radical (unpaired) electrons. The number of benzene rings is 2. The summed E-state index contributed by atoms with van der Waals surface area (Å²) in [5.41, 5.74) is 2.47. The Morgan fingerprint density at radius 2 is 1.91 bits per heavy atom. The normalized spacial score (nSPS) is 13.0. The van der Waals surface area contributed by atoms with Crippen LogP contribution >= 0.6 is 0 Å². The molecule has 9 heteroatoms. The predicted molar refractivity (Wildman–Crippen MR) is 124 cm³/mol. The second kappa shape index (κ2) is 8.78. The molecular formula is C24H25N5O4. The number of aromatic amines is 2. The van der Waals surface area contributed by atoms with E-state index >= 15 is 0 Å². The molecule has 33 heavy (non-hydrogen) atoms. The number of imidazole rings is 1. The summed E-state index contributed by atoms with van der Waals surface area (Å²) in [5, 5.41) is 15.5. The van der Waals surface area contributed by atoms with E-state index in [1.54, 1.807) is 31.3 Å². The Balaban J connectivity index is 1.45. The van der Waals surface area contributed by atoms with Crippen LogP contribution in [0.25, 0.3) is 21.9 Å². The molecule has 1 unspecified atom stereocenters. The zero-order valence-corrected chi connectivity index (χ0v) is 18.4. The van der Waals surface area contributed by atoms with Crippen molar-refractivity contribution in [3.63, 3.8) is 0 Å². The van der Waals surface area contributed by atoms with Gasteiger partial charge in [0.1, 0.15) is 11.4 Å². The van der Waals surface area contributed by atoms with Gasteiger partial charge in [-0.1, -0.05) is 18.2 Å². The number of hydrogen-bond donors (Lipinski definition) is 5. The van der Waals surface area contributed by atoms with E-state index in [0.29, 0.717) is 23.3 Å². The number of nitrogens with zero attached hydrogens (tertiary/aromatic N) is 1. The molecule has 170 valence electrons. The summed E-state index contributed by atoms with van der Waals surface area (Å²) >= 11 is 0. The van der Waals surface area contributed by atoms with Gasteiger partial charge in [0, 0.05) is 42.0 Å². The summed E-state index contributed by atoms with van der Waals surface area (Å²) in [6, 6.07) is 12.9. The molecule has 2 aromatic carbocycles. The Bertz CT molecular complexity index is 1360. The molecular weight excluding hydrogens is 422 g/mol. The number of ketones is 1. The van der Waals surface area contributed by atoms with Gasteiger partial charge in [-0.05, 0) is 43.7 Å². The number of hydrogen-bond acceptors (Lipinski definition) is 4. The van der Waals surface area contributed by atoms with Crippen molar-refractivity contribution in [2.45, 2.75) is 32.2 Å². The van der Waals surface area contributed by atoms with Crippen LogP contribution in [-0.4, -0.2) is 49.9 Å². The highest BCUT2D eigenvalue weighted by molar-refractivity contribution is 5.97. The molecule has 0 aliphatic heterocycles. The van der Waals surface area contributed by atoms with E-state index in [4.69, 9.17) is 0 Å². The lowest BCUT2D eigenvalue weighted by molar-refractivity contribution is -0.126. The first-order valence-corrected chi connectivity index (χ1v) is 10.6. The molecule has 0 aliphatic rings. The minimum absolute atomic E-state index is 0.0332. The van der Waals surface area contributed by atoms with Gasteiger partial charge in [0.15, 0.2) is 5.78 Å². The second-order valence-corrected chi connectivity index (χ2v) is 8.28. The van der Waals surface area contributed by atoms with Gasteiger partial charge < -0.3 is 25.7 Å². The number of amides is 2. The number of H-pyrrole nitrogens is 2. The van der Waals surface area contributed by atoms with Crippen LogP contribution in [0.15, 0.2) is 48.7 Å². The van der Waals surface area contributed by atoms with Crippen LogP contribution in [0.5, 0.6) is 0 Å². The van der Waals surface area contributed by atoms with Crippen molar-refractivity contribution in [2.75, 3.05) is 6.54 Å². The lowest BCUT2D eigenvalue weighted by Crippen LogP contribution is -2.58. The average molecular weight is 447 g/mol. The van der Waals surface area contributed by atoms with Crippen LogP contribution in [0.3, 0.4) is 0 Å². The van der Waals surface area contributed by atoms with Crippen LogP contribution in [-0.2, 0) is 17.6 Å². The molecule has 9 nitrogen and oxygen atoms in total. The van der Waals surface area contributed by atoms with E-state index in [9.17, 15) is 19.5 Å². The smallest absolute Gasteiger partial charge is 0.405 e. The molecule has 0 bridgehead atoms. The topological polar surface area (TPSA) is 140 Å². The summed E-state index contributed by atoms with van der Waals surface area (Å²) < 4.78 is 0. The minimum atomic E-state index is -1.36. The Morgan fingerprint density at radius 3 is 2.67 bits per heavy atom. The predicted octanol–water partition coefficient (Wildman–Crippen LogP) is 3.17. The fourth-order valence-corrected chi connectivity index (χ4v) is 3.96. The number of nitrogens with one attached hydrogen (secondary N) is 4. The van der Waals surface area contributed by atoms with Crippen molar-refractivity contribution in [1.82, 2.24) is 25.6 Å². The molecule has 0 spiro atoms. The van der Waals surface area contributed by atoms with E-state index in [1.807, 2.05) is 24.3 Å². The van der Waals surface area contributed by atoms with E-state index < -0.39 is 17.5 Å². The number of aromatic nitrogens is 3. The summed E-state index contributed by atoms with van der Waals surface area (Å²) in [7, 11) is 0. The molecule has 2 heterocycles. The molecule has 4 aromatic rings. The number of carboxylic acid groups (broad SMARTS) is 1.